The number of imidazole rings is 1. The number of benzene rings is 3. The van der Waals surface area contributed by atoms with Gasteiger partial charge in [0.05, 0.1) is 4.90 Å². The monoisotopic (exact) mass is 509 g/mol. The SMILES string of the molecule is Cc1ccc(S(=O)(=O)c2[nH]c(-c3ccccc3)nc2S(=O)(=O)CC(=O)Nc2ccccc2C)cc1. The maximum Gasteiger partial charge on any atom is 0.240 e. The number of hydrogen-bond donors (Lipinski definition) is 2. The summed E-state index contributed by atoms with van der Waals surface area (Å²) in [6.45, 7) is 3.58. The fourth-order valence-corrected chi connectivity index (χ4v) is 6.51. The third-order valence-corrected chi connectivity index (χ3v) is 8.70. The molecule has 0 aliphatic carbocycles. The molecular formula is C25H23N3O5S2. The lowest BCUT2D eigenvalue weighted by molar-refractivity contribution is -0.113. The second-order valence-electron chi connectivity index (χ2n) is 8.02. The molecule has 0 saturated carbocycles. The molecule has 3 aromatic carbocycles. The minimum Gasteiger partial charge on any atom is -0.328 e. The number of anilines is 1. The van der Waals surface area contributed by atoms with Gasteiger partial charge in [0.15, 0.2) is 10.1 Å². The van der Waals surface area contributed by atoms with Crippen molar-refractivity contribution in [1.82, 2.24) is 9.97 Å². The van der Waals surface area contributed by atoms with E-state index >= 15 is 0 Å². The molecule has 1 amide bonds. The smallest absolute Gasteiger partial charge is 0.240 e. The van der Waals surface area contributed by atoms with Gasteiger partial charge in [-0.1, -0.05) is 66.2 Å². The number of para-hydroxylation sites is 1. The van der Waals surface area contributed by atoms with E-state index in [-0.39, 0.29) is 10.7 Å². The maximum atomic E-state index is 13.4. The van der Waals surface area contributed by atoms with Gasteiger partial charge in [-0.15, -0.1) is 0 Å². The van der Waals surface area contributed by atoms with Crippen LogP contribution in [-0.2, 0) is 24.5 Å². The van der Waals surface area contributed by atoms with Crippen LogP contribution >= 0.6 is 0 Å². The number of carbonyl (C=O) groups is 1. The van der Waals surface area contributed by atoms with Crippen molar-refractivity contribution in [3.05, 3.63) is 90.0 Å². The van der Waals surface area contributed by atoms with Gasteiger partial charge >= 0.3 is 0 Å². The van der Waals surface area contributed by atoms with Gasteiger partial charge in [0.2, 0.25) is 25.6 Å². The molecule has 1 aromatic heterocycles. The van der Waals surface area contributed by atoms with Crippen LogP contribution in [-0.4, -0.2) is 38.5 Å². The third kappa shape index (κ3) is 5.18. The number of nitrogens with one attached hydrogen (secondary N) is 2. The highest BCUT2D eigenvalue weighted by Gasteiger charge is 2.34. The van der Waals surface area contributed by atoms with E-state index in [1.807, 2.05) is 6.92 Å². The second-order valence-corrected chi connectivity index (χ2v) is 11.8. The Bertz CT molecular complexity index is 1590. The van der Waals surface area contributed by atoms with Crippen LogP contribution in [0.25, 0.3) is 11.4 Å². The lowest BCUT2D eigenvalue weighted by Crippen LogP contribution is -2.24. The zero-order valence-electron chi connectivity index (χ0n) is 19.0. The lowest BCUT2D eigenvalue weighted by atomic mass is 10.2. The van der Waals surface area contributed by atoms with Gasteiger partial charge in [0.1, 0.15) is 11.6 Å². The average Bonchev–Trinajstić information content (AvgIpc) is 3.29. The highest BCUT2D eigenvalue weighted by Crippen LogP contribution is 2.30. The molecule has 0 bridgehead atoms. The Morgan fingerprint density at radius 1 is 0.857 bits per heavy atom. The van der Waals surface area contributed by atoms with Crippen LogP contribution < -0.4 is 5.32 Å². The Morgan fingerprint density at radius 2 is 1.49 bits per heavy atom. The molecule has 10 heteroatoms. The summed E-state index contributed by atoms with van der Waals surface area (Å²) >= 11 is 0. The molecule has 0 saturated heterocycles. The fourth-order valence-electron chi connectivity index (χ4n) is 3.44. The fraction of sp³-hybridized carbons (Fsp3) is 0.120. The number of amides is 1. The van der Waals surface area contributed by atoms with Crippen LogP contribution in [0.3, 0.4) is 0 Å². The number of nitrogens with zero attached hydrogens (tertiary/aromatic N) is 1. The van der Waals surface area contributed by atoms with Crippen molar-refractivity contribution in [3.8, 4) is 11.4 Å². The molecule has 4 rings (SSSR count). The van der Waals surface area contributed by atoms with Crippen LogP contribution in [0, 0.1) is 13.8 Å². The van der Waals surface area contributed by atoms with Gasteiger partial charge in [-0.05, 0) is 37.6 Å². The number of sulfone groups is 2. The highest BCUT2D eigenvalue weighted by molar-refractivity contribution is 7.94. The summed E-state index contributed by atoms with van der Waals surface area (Å²) < 4.78 is 53.5. The van der Waals surface area contributed by atoms with Crippen LogP contribution in [0.15, 0.2) is 93.8 Å². The third-order valence-electron chi connectivity index (χ3n) is 5.32. The molecule has 0 radical (unpaired) electrons. The van der Waals surface area contributed by atoms with Crippen molar-refractivity contribution in [2.45, 2.75) is 28.8 Å². The Morgan fingerprint density at radius 3 is 2.14 bits per heavy atom. The van der Waals surface area contributed by atoms with Gasteiger partial charge in [0.25, 0.3) is 0 Å². The molecule has 1 heterocycles. The molecule has 0 aliphatic heterocycles. The second kappa shape index (κ2) is 9.47. The van der Waals surface area contributed by atoms with Gasteiger partial charge in [0, 0.05) is 11.3 Å². The molecule has 4 aromatic rings. The van der Waals surface area contributed by atoms with E-state index in [4.69, 9.17) is 0 Å². The first kappa shape index (κ1) is 24.4. The summed E-state index contributed by atoms with van der Waals surface area (Å²) in [6.07, 6.45) is 0. The number of carbonyl (C=O) groups excluding carboxylic acids is 1. The van der Waals surface area contributed by atoms with Crippen molar-refractivity contribution >= 4 is 31.3 Å². The number of H-pyrrole nitrogens is 1. The first-order valence-electron chi connectivity index (χ1n) is 10.6. The van der Waals surface area contributed by atoms with Gasteiger partial charge < -0.3 is 10.3 Å². The quantitative estimate of drug-likeness (QED) is 0.389. The minimum atomic E-state index is -4.44. The molecule has 0 aliphatic rings. The summed E-state index contributed by atoms with van der Waals surface area (Å²) in [5.74, 6) is -1.71. The maximum absolute atomic E-state index is 13.4. The molecule has 2 N–H and O–H groups in total. The van der Waals surface area contributed by atoms with Crippen molar-refractivity contribution in [1.29, 1.82) is 0 Å². The first-order valence-corrected chi connectivity index (χ1v) is 13.8. The topological polar surface area (TPSA) is 126 Å². The molecule has 0 spiro atoms. The highest BCUT2D eigenvalue weighted by atomic mass is 32.2. The average molecular weight is 510 g/mol. The number of aromatic amines is 1. The van der Waals surface area contributed by atoms with Gasteiger partial charge in [-0.2, -0.15) is 0 Å². The van der Waals surface area contributed by atoms with E-state index < -0.39 is 41.4 Å². The van der Waals surface area contributed by atoms with Crippen LogP contribution in [0.2, 0.25) is 0 Å². The van der Waals surface area contributed by atoms with Crippen molar-refractivity contribution in [2.75, 3.05) is 11.1 Å². The van der Waals surface area contributed by atoms with E-state index in [9.17, 15) is 21.6 Å². The Kier molecular flexibility index (Phi) is 6.60. The van der Waals surface area contributed by atoms with E-state index in [0.29, 0.717) is 11.3 Å². The molecule has 0 atom stereocenters. The van der Waals surface area contributed by atoms with Crippen LogP contribution in [0.4, 0.5) is 5.69 Å². The molecule has 0 fully saturated rings. The van der Waals surface area contributed by atoms with E-state index in [0.717, 1.165) is 11.1 Å². The molecule has 180 valence electrons. The summed E-state index contributed by atoms with van der Waals surface area (Å²) in [5, 5.41) is 1.29. The number of hydrogen-bond acceptors (Lipinski definition) is 6. The standard InChI is InChI=1S/C25H23N3O5S2/c1-17-12-14-20(15-13-17)35(32,33)25-24(27-23(28-25)19-9-4-3-5-10-19)34(30,31)16-22(29)26-21-11-7-6-8-18(21)2/h3-15H,16H2,1-2H3,(H,26,29)(H,27,28). The molecule has 8 nitrogen and oxygen atoms in total. The van der Waals surface area contributed by atoms with Crippen molar-refractivity contribution < 1.29 is 21.6 Å². The summed E-state index contributed by atoms with van der Waals surface area (Å²) in [4.78, 5) is 19.3. The molecule has 0 unspecified atom stereocenters. The van der Waals surface area contributed by atoms with Gasteiger partial charge in [-0.3, -0.25) is 4.79 Å². The summed E-state index contributed by atoms with van der Waals surface area (Å²) in [6, 6.07) is 21.5. The summed E-state index contributed by atoms with van der Waals surface area (Å²) in [7, 11) is -8.73. The van der Waals surface area contributed by atoms with Crippen molar-refractivity contribution in [3.63, 3.8) is 0 Å². The number of aryl methyl sites for hydroxylation is 2. The van der Waals surface area contributed by atoms with Crippen LogP contribution in [0.1, 0.15) is 11.1 Å². The predicted molar refractivity (Wildman–Crippen MR) is 133 cm³/mol. The lowest BCUT2D eigenvalue weighted by Gasteiger charge is -2.09. The number of rotatable bonds is 7. The minimum absolute atomic E-state index is 0.0640. The van der Waals surface area contributed by atoms with E-state index in [2.05, 4.69) is 15.3 Å². The summed E-state index contributed by atoms with van der Waals surface area (Å²) in [5.41, 5.74) is 2.57. The predicted octanol–water partition coefficient (Wildman–Crippen LogP) is 3.94. The zero-order valence-corrected chi connectivity index (χ0v) is 20.7. The Hall–Kier alpha value is -3.76. The number of aromatic nitrogens is 2. The van der Waals surface area contributed by atoms with E-state index in [1.165, 1.54) is 12.1 Å². The zero-order chi connectivity index (χ0) is 25.2. The van der Waals surface area contributed by atoms with Crippen LogP contribution in [0.5, 0.6) is 0 Å². The molecule has 35 heavy (non-hydrogen) atoms. The van der Waals surface area contributed by atoms with E-state index in [1.54, 1.807) is 73.7 Å². The largest absolute Gasteiger partial charge is 0.328 e. The van der Waals surface area contributed by atoms with Gasteiger partial charge in [-0.25, -0.2) is 21.8 Å². The molecular weight excluding hydrogens is 486 g/mol. The Labute approximate surface area is 203 Å². The first-order chi connectivity index (χ1) is 16.6. The normalized spacial score (nSPS) is 11.8. The van der Waals surface area contributed by atoms with Crippen molar-refractivity contribution in [2.24, 2.45) is 0 Å². The Balaban J connectivity index is 1.77.